The maximum Gasteiger partial charge on any atom is 0.271 e. The van der Waals surface area contributed by atoms with E-state index >= 15 is 0 Å². The van der Waals surface area contributed by atoms with Crippen LogP contribution >= 0.6 is 11.6 Å². The second-order valence-electron chi connectivity index (χ2n) is 2.97. The van der Waals surface area contributed by atoms with Gasteiger partial charge in [0.1, 0.15) is 10.8 Å². The van der Waals surface area contributed by atoms with Crippen LogP contribution in [0.2, 0.25) is 5.15 Å². The van der Waals surface area contributed by atoms with Gasteiger partial charge in [0, 0.05) is 6.04 Å². The highest BCUT2D eigenvalue weighted by Crippen LogP contribution is 2.19. The minimum atomic E-state index is -0.197. The predicted molar refractivity (Wildman–Crippen MR) is 47.5 cm³/mol. The van der Waals surface area contributed by atoms with Gasteiger partial charge in [0.15, 0.2) is 0 Å². The lowest BCUT2D eigenvalue weighted by Gasteiger charge is -2.00. The molecule has 0 radical (unpaired) electrons. The predicted octanol–water partition coefficient (Wildman–Crippen LogP) is 1.02. The lowest BCUT2D eigenvalue weighted by atomic mass is 10.4. The Morgan fingerprint density at radius 3 is 2.92 bits per heavy atom. The van der Waals surface area contributed by atoms with Crippen molar-refractivity contribution in [2.24, 2.45) is 0 Å². The lowest BCUT2D eigenvalue weighted by Crippen LogP contribution is -2.26. The molecule has 13 heavy (non-hydrogen) atoms. The summed E-state index contributed by atoms with van der Waals surface area (Å²) < 4.78 is 0. The van der Waals surface area contributed by atoms with Gasteiger partial charge in [0.2, 0.25) is 0 Å². The molecular formula is C8H8ClN3O. The van der Waals surface area contributed by atoms with Crippen molar-refractivity contribution in [3.63, 3.8) is 0 Å². The number of carbonyl (C=O) groups excluding carboxylic acids is 1. The molecule has 1 fully saturated rings. The Hall–Kier alpha value is -1.16. The molecule has 1 heterocycles. The smallest absolute Gasteiger partial charge is 0.271 e. The molecule has 5 heteroatoms. The first-order valence-electron chi connectivity index (χ1n) is 4.04. The normalized spacial score (nSPS) is 15.5. The van der Waals surface area contributed by atoms with E-state index in [2.05, 4.69) is 15.3 Å². The third kappa shape index (κ3) is 2.15. The third-order valence-electron chi connectivity index (χ3n) is 1.75. The Morgan fingerprint density at radius 2 is 2.31 bits per heavy atom. The molecule has 0 bridgehead atoms. The molecule has 1 N–H and O–H groups in total. The van der Waals surface area contributed by atoms with Crippen LogP contribution in [0, 0.1) is 0 Å². The summed E-state index contributed by atoms with van der Waals surface area (Å²) in [5.41, 5.74) is 0.277. The molecule has 0 aliphatic heterocycles. The number of nitrogens with one attached hydrogen (secondary N) is 1. The number of amides is 1. The van der Waals surface area contributed by atoms with Crippen LogP contribution in [0.25, 0.3) is 0 Å². The van der Waals surface area contributed by atoms with E-state index in [9.17, 15) is 4.79 Å². The zero-order valence-electron chi connectivity index (χ0n) is 6.83. The summed E-state index contributed by atoms with van der Waals surface area (Å²) in [6.45, 7) is 0. The van der Waals surface area contributed by atoms with E-state index in [1.165, 1.54) is 12.4 Å². The van der Waals surface area contributed by atoms with Gasteiger partial charge in [0.05, 0.1) is 12.4 Å². The summed E-state index contributed by atoms with van der Waals surface area (Å²) in [6.07, 6.45) is 4.92. The summed E-state index contributed by atoms with van der Waals surface area (Å²) in [6, 6.07) is 0.327. The Morgan fingerprint density at radius 1 is 1.54 bits per heavy atom. The van der Waals surface area contributed by atoms with Gasteiger partial charge in [0.25, 0.3) is 5.91 Å². The van der Waals surface area contributed by atoms with Crippen LogP contribution in [0.15, 0.2) is 12.4 Å². The highest BCUT2D eigenvalue weighted by Gasteiger charge is 2.24. The van der Waals surface area contributed by atoms with Crippen molar-refractivity contribution in [3.05, 3.63) is 23.2 Å². The van der Waals surface area contributed by atoms with Crippen molar-refractivity contribution in [1.82, 2.24) is 15.3 Å². The standard InChI is InChI=1S/C8H8ClN3O/c9-7-4-10-3-6(12-7)8(13)11-5-1-2-5/h3-5H,1-2H2,(H,11,13). The highest BCUT2D eigenvalue weighted by molar-refractivity contribution is 6.29. The molecule has 2 rings (SSSR count). The topological polar surface area (TPSA) is 54.9 Å². The van der Waals surface area contributed by atoms with Gasteiger partial charge in [-0.1, -0.05) is 11.6 Å². The van der Waals surface area contributed by atoms with Gasteiger partial charge in [-0.3, -0.25) is 9.78 Å². The van der Waals surface area contributed by atoms with Crippen molar-refractivity contribution >= 4 is 17.5 Å². The van der Waals surface area contributed by atoms with Crippen LogP contribution in [0.3, 0.4) is 0 Å². The first-order valence-corrected chi connectivity index (χ1v) is 4.42. The fraction of sp³-hybridized carbons (Fsp3) is 0.375. The molecule has 68 valence electrons. The van der Waals surface area contributed by atoms with Crippen molar-refractivity contribution < 1.29 is 4.79 Å². The summed E-state index contributed by atoms with van der Waals surface area (Å²) in [7, 11) is 0. The van der Waals surface area contributed by atoms with E-state index < -0.39 is 0 Å². The molecule has 0 spiro atoms. The fourth-order valence-electron chi connectivity index (χ4n) is 0.939. The average Bonchev–Trinajstić information content (AvgIpc) is 2.88. The van der Waals surface area contributed by atoms with E-state index in [4.69, 9.17) is 11.6 Å². The monoisotopic (exact) mass is 197 g/mol. The Kier molecular flexibility index (Phi) is 2.14. The largest absolute Gasteiger partial charge is 0.348 e. The quantitative estimate of drug-likeness (QED) is 0.770. The molecule has 1 aromatic heterocycles. The first-order chi connectivity index (χ1) is 6.25. The molecule has 4 nitrogen and oxygen atoms in total. The Balaban J connectivity index is 2.09. The van der Waals surface area contributed by atoms with Gasteiger partial charge in [-0.15, -0.1) is 0 Å². The van der Waals surface area contributed by atoms with Gasteiger partial charge >= 0.3 is 0 Å². The van der Waals surface area contributed by atoms with Crippen molar-refractivity contribution in [2.45, 2.75) is 18.9 Å². The summed E-state index contributed by atoms with van der Waals surface area (Å²) in [5, 5.41) is 3.04. The highest BCUT2D eigenvalue weighted by atomic mass is 35.5. The van der Waals surface area contributed by atoms with E-state index in [0.717, 1.165) is 12.8 Å². The van der Waals surface area contributed by atoms with E-state index in [1.54, 1.807) is 0 Å². The maximum absolute atomic E-state index is 11.4. The number of hydrogen-bond acceptors (Lipinski definition) is 3. The molecule has 1 aliphatic rings. The lowest BCUT2D eigenvalue weighted by molar-refractivity contribution is 0.0945. The van der Waals surface area contributed by atoms with Gasteiger partial charge in [-0.05, 0) is 12.8 Å². The molecule has 1 aromatic rings. The second kappa shape index (κ2) is 3.30. The SMILES string of the molecule is O=C(NC1CC1)c1cncc(Cl)n1. The van der Waals surface area contributed by atoms with Gasteiger partial charge < -0.3 is 5.32 Å². The minimum Gasteiger partial charge on any atom is -0.348 e. The molecule has 0 atom stereocenters. The summed E-state index contributed by atoms with van der Waals surface area (Å²) in [5.74, 6) is -0.197. The third-order valence-corrected chi connectivity index (χ3v) is 1.93. The summed E-state index contributed by atoms with van der Waals surface area (Å²) >= 11 is 5.59. The van der Waals surface area contributed by atoms with Gasteiger partial charge in [-0.25, -0.2) is 4.98 Å². The van der Waals surface area contributed by atoms with Crippen LogP contribution in [0.1, 0.15) is 23.3 Å². The van der Waals surface area contributed by atoms with Crippen molar-refractivity contribution in [2.75, 3.05) is 0 Å². The Labute approximate surface area is 80.3 Å². The van der Waals surface area contributed by atoms with Crippen LogP contribution < -0.4 is 5.32 Å². The van der Waals surface area contributed by atoms with Crippen LogP contribution in [0.4, 0.5) is 0 Å². The molecule has 1 saturated carbocycles. The molecular weight excluding hydrogens is 190 g/mol. The number of aromatic nitrogens is 2. The molecule has 0 unspecified atom stereocenters. The fourth-order valence-corrected chi connectivity index (χ4v) is 1.09. The minimum absolute atomic E-state index is 0.197. The zero-order chi connectivity index (χ0) is 9.26. The van der Waals surface area contributed by atoms with E-state index in [-0.39, 0.29) is 16.8 Å². The van der Waals surface area contributed by atoms with Crippen LogP contribution in [0.5, 0.6) is 0 Å². The molecule has 1 amide bonds. The average molecular weight is 198 g/mol. The van der Waals surface area contributed by atoms with E-state index in [1.807, 2.05) is 0 Å². The number of carbonyl (C=O) groups is 1. The maximum atomic E-state index is 11.4. The van der Waals surface area contributed by atoms with Crippen molar-refractivity contribution in [3.8, 4) is 0 Å². The zero-order valence-corrected chi connectivity index (χ0v) is 7.58. The Bertz CT molecular complexity index is 338. The van der Waals surface area contributed by atoms with Crippen molar-refractivity contribution in [1.29, 1.82) is 0 Å². The van der Waals surface area contributed by atoms with Crippen LogP contribution in [-0.4, -0.2) is 21.9 Å². The van der Waals surface area contributed by atoms with E-state index in [0.29, 0.717) is 6.04 Å². The summed E-state index contributed by atoms with van der Waals surface area (Å²) in [4.78, 5) is 19.0. The molecule has 0 saturated heterocycles. The first kappa shape index (κ1) is 8.44. The van der Waals surface area contributed by atoms with Crippen LogP contribution in [-0.2, 0) is 0 Å². The molecule has 0 aromatic carbocycles. The number of halogens is 1. The number of hydrogen-bond donors (Lipinski definition) is 1. The number of rotatable bonds is 2. The molecule has 1 aliphatic carbocycles. The second-order valence-corrected chi connectivity index (χ2v) is 3.36. The number of nitrogens with zero attached hydrogens (tertiary/aromatic N) is 2. The van der Waals surface area contributed by atoms with Gasteiger partial charge in [-0.2, -0.15) is 0 Å².